The minimum atomic E-state index is -0.350. The normalized spacial score (nSPS) is 10.7. The molecule has 1 N–H and O–H groups in total. The minimum absolute atomic E-state index is 0.140. The lowest BCUT2D eigenvalue weighted by Crippen LogP contribution is -2.27. The topological polar surface area (TPSA) is 73.2 Å². The second-order valence-electron chi connectivity index (χ2n) is 5.60. The highest BCUT2D eigenvalue weighted by atomic mass is 35.5. The van der Waals surface area contributed by atoms with E-state index in [9.17, 15) is 9.59 Å². The molecule has 3 rings (SSSR count). The molecule has 128 valence electrons. The Morgan fingerprint density at radius 2 is 2.08 bits per heavy atom. The SMILES string of the molecule is COc1ccc(NC(=O)Cn2cnc3ccc(C)cc3c2=O)cc1Cl. The molecule has 0 saturated carbocycles. The molecule has 0 spiro atoms. The van der Waals surface area contributed by atoms with Crippen molar-refractivity contribution >= 4 is 34.1 Å². The number of ether oxygens (including phenoxy) is 1. The van der Waals surface area contributed by atoms with Crippen LogP contribution in [0.5, 0.6) is 5.75 Å². The third kappa shape index (κ3) is 3.64. The molecule has 0 aliphatic heterocycles. The van der Waals surface area contributed by atoms with Crippen molar-refractivity contribution in [3.63, 3.8) is 0 Å². The number of hydrogen-bond donors (Lipinski definition) is 1. The van der Waals surface area contributed by atoms with Crippen molar-refractivity contribution < 1.29 is 9.53 Å². The van der Waals surface area contributed by atoms with E-state index in [1.807, 2.05) is 13.0 Å². The van der Waals surface area contributed by atoms with Crippen molar-refractivity contribution in [2.45, 2.75) is 13.5 Å². The van der Waals surface area contributed by atoms with Gasteiger partial charge in [-0.3, -0.25) is 14.2 Å². The first kappa shape index (κ1) is 17.0. The molecule has 2 aromatic carbocycles. The van der Waals surface area contributed by atoms with Gasteiger partial charge in [0.15, 0.2) is 0 Å². The first-order valence-electron chi connectivity index (χ1n) is 7.57. The van der Waals surface area contributed by atoms with Crippen molar-refractivity contribution in [3.8, 4) is 5.75 Å². The number of fused-ring (bicyclic) bond motifs is 1. The number of rotatable bonds is 4. The highest BCUT2D eigenvalue weighted by Gasteiger charge is 2.10. The van der Waals surface area contributed by atoms with E-state index in [1.165, 1.54) is 18.0 Å². The zero-order valence-corrected chi connectivity index (χ0v) is 14.5. The predicted molar refractivity (Wildman–Crippen MR) is 97.4 cm³/mol. The number of benzene rings is 2. The Kier molecular flexibility index (Phi) is 4.72. The van der Waals surface area contributed by atoms with E-state index in [-0.39, 0.29) is 18.0 Å². The van der Waals surface area contributed by atoms with Gasteiger partial charge in [0.05, 0.1) is 29.4 Å². The lowest BCUT2D eigenvalue weighted by molar-refractivity contribution is -0.116. The fourth-order valence-corrected chi connectivity index (χ4v) is 2.74. The summed E-state index contributed by atoms with van der Waals surface area (Å²) in [5, 5.41) is 3.58. The Labute approximate surface area is 149 Å². The molecule has 0 aliphatic carbocycles. The number of amides is 1. The van der Waals surface area contributed by atoms with Crippen LogP contribution >= 0.6 is 11.6 Å². The third-order valence-corrected chi connectivity index (χ3v) is 4.02. The Morgan fingerprint density at radius 1 is 1.28 bits per heavy atom. The monoisotopic (exact) mass is 357 g/mol. The molecule has 0 saturated heterocycles. The van der Waals surface area contributed by atoms with Crippen molar-refractivity contribution in [1.29, 1.82) is 0 Å². The summed E-state index contributed by atoms with van der Waals surface area (Å²) in [4.78, 5) is 29.0. The molecular formula is C18H16ClN3O3. The van der Waals surface area contributed by atoms with Crippen LogP contribution in [0.2, 0.25) is 5.02 Å². The van der Waals surface area contributed by atoms with Gasteiger partial charge in [-0.2, -0.15) is 0 Å². The van der Waals surface area contributed by atoms with Gasteiger partial charge in [-0.05, 0) is 37.3 Å². The first-order chi connectivity index (χ1) is 12.0. The van der Waals surface area contributed by atoms with E-state index >= 15 is 0 Å². The van der Waals surface area contributed by atoms with Gasteiger partial charge in [0.25, 0.3) is 5.56 Å². The van der Waals surface area contributed by atoms with E-state index in [2.05, 4.69) is 10.3 Å². The Bertz CT molecular complexity index is 1010. The molecule has 3 aromatic rings. The largest absolute Gasteiger partial charge is 0.495 e. The molecule has 0 fully saturated rings. The summed E-state index contributed by atoms with van der Waals surface area (Å²) in [6.45, 7) is 1.76. The summed E-state index contributed by atoms with van der Waals surface area (Å²) < 4.78 is 6.35. The van der Waals surface area contributed by atoms with E-state index in [0.717, 1.165) is 5.56 Å². The van der Waals surface area contributed by atoms with Crippen LogP contribution < -0.4 is 15.6 Å². The smallest absolute Gasteiger partial charge is 0.261 e. The third-order valence-electron chi connectivity index (χ3n) is 3.73. The number of hydrogen-bond acceptors (Lipinski definition) is 4. The van der Waals surface area contributed by atoms with Gasteiger partial charge in [0, 0.05) is 5.69 Å². The molecule has 0 aliphatic rings. The summed E-state index contributed by atoms with van der Waals surface area (Å²) in [5.74, 6) is 0.169. The van der Waals surface area contributed by atoms with Crippen molar-refractivity contribution in [1.82, 2.24) is 9.55 Å². The molecule has 7 heteroatoms. The quantitative estimate of drug-likeness (QED) is 0.779. The first-order valence-corrected chi connectivity index (χ1v) is 7.95. The van der Waals surface area contributed by atoms with Gasteiger partial charge in [0.2, 0.25) is 5.91 Å². The van der Waals surface area contributed by atoms with Gasteiger partial charge in [0.1, 0.15) is 12.3 Å². The van der Waals surface area contributed by atoms with Crippen molar-refractivity contribution in [2.24, 2.45) is 0 Å². The zero-order chi connectivity index (χ0) is 18.0. The van der Waals surface area contributed by atoms with Gasteiger partial charge in [-0.15, -0.1) is 0 Å². The summed E-state index contributed by atoms with van der Waals surface area (Å²) >= 11 is 6.04. The molecule has 0 radical (unpaired) electrons. The lowest BCUT2D eigenvalue weighted by atomic mass is 10.2. The fourth-order valence-electron chi connectivity index (χ4n) is 2.48. The molecule has 1 aromatic heterocycles. The van der Waals surface area contributed by atoms with Crippen LogP contribution in [0.3, 0.4) is 0 Å². The average Bonchev–Trinajstić information content (AvgIpc) is 2.58. The van der Waals surface area contributed by atoms with Gasteiger partial charge in [-0.1, -0.05) is 23.2 Å². The summed E-state index contributed by atoms with van der Waals surface area (Å²) in [5.41, 5.74) is 1.83. The highest BCUT2D eigenvalue weighted by Crippen LogP contribution is 2.27. The van der Waals surface area contributed by atoms with Crippen LogP contribution in [-0.2, 0) is 11.3 Å². The van der Waals surface area contributed by atoms with Crippen LogP contribution in [0.25, 0.3) is 10.9 Å². The highest BCUT2D eigenvalue weighted by molar-refractivity contribution is 6.32. The summed E-state index contributed by atoms with van der Waals surface area (Å²) in [7, 11) is 1.51. The number of carbonyl (C=O) groups is 1. The number of aromatic nitrogens is 2. The number of anilines is 1. The van der Waals surface area contributed by atoms with Gasteiger partial charge >= 0.3 is 0 Å². The number of nitrogens with zero attached hydrogens (tertiary/aromatic N) is 2. The average molecular weight is 358 g/mol. The number of nitrogens with one attached hydrogen (secondary N) is 1. The minimum Gasteiger partial charge on any atom is -0.495 e. The van der Waals surface area contributed by atoms with Crippen molar-refractivity contribution in [3.05, 3.63) is 63.7 Å². The maximum absolute atomic E-state index is 12.5. The molecule has 0 bridgehead atoms. The number of methoxy groups -OCH3 is 1. The van der Waals surface area contributed by atoms with E-state index in [1.54, 1.807) is 30.3 Å². The molecular weight excluding hydrogens is 342 g/mol. The maximum atomic E-state index is 12.5. The van der Waals surface area contributed by atoms with Crippen molar-refractivity contribution in [2.75, 3.05) is 12.4 Å². The fraction of sp³-hybridized carbons (Fsp3) is 0.167. The Hall–Kier alpha value is -2.86. The number of aryl methyl sites for hydroxylation is 1. The van der Waals surface area contributed by atoms with Crippen LogP contribution in [0, 0.1) is 6.92 Å². The number of carbonyl (C=O) groups excluding carboxylic acids is 1. The van der Waals surface area contributed by atoms with E-state index < -0.39 is 0 Å². The molecule has 0 atom stereocenters. The van der Waals surface area contributed by atoms with E-state index in [4.69, 9.17) is 16.3 Å². The molecule has 1 amide bonds. The molecule has 0 unspecified atom stereocenters. The summed E-state index contributed by atoms with van der Waals surface area (Å²) in [6, 6.07) is 10.4. The zero-order valence-electron chi connectivity index (χ0n) is 13.7. The standard InChI is InChI=1S/C18H16ClN3O3/c1-11-3-5-15-13(7-11)18(24)22(10-20-15)9-17(23)21-12-4-6-16(25-2)14(19)8-12/h3-8,10H,9H2,1-2H3,(H,21,23). The maximum Gasteiger partial charge on any atom is 0.261 e. The molecule has 1 heterocycles. The predicted octanol–water partition coefficient (Wildman–Crippen LogP) is 3.01. The van der Waals surface area contributed by atoms with Crippen LogP contribution in [0.15, 0.2) is 47.5 Å². The number of halogens is 1. The van der Waals surface area contributed by atoms with Gasteiger partial charge < -0.3 is 10.1 Å². The second-order valence-corrected chi connectivity index (χ2v) is 6.00. The summed E-state index contributed by atoms with van der Waals surface area (Å²) in [6.07, 6.45) is 1.38. The lowest BCUT2D eigenvalue weighted by Gasteiger charge is -2.10. The van der Waals surface area contributed by atoms with Crippen LogP contribution in [0.1, 0.15) is 5.56 Å². The van der Waals surface area contributed by atoms with Crippen LogP contribution in [-0.4, -0.2) is 22.6 Å². The van der Waals surface area contributed by atoms with Crippen LogP contribution in [0.4, 0.5) is 5.69 Å². The molecule has 25 heavy (non-hydrogen) atoms. The Balaban J connectivity index is 1.81. The molecule has 6 nitrogen and oxygen atoms in total. The van der Waals surface area contributed by atoms with Gasteiger partial charge in [-0.25, -0.2) is 4.98 Å². The Morgan fingerprint density at radius 3 is 2.80 bits per heavy atom. The second kappa shape index (κ2) is 6.94. The van der Waals surface area contributed by atoms with E-state index in [0.29, 0.717) is 27.4 Å².